The molecule has 0 aliphatic heterocycles. The molecule has 0 radical (unpaired) electrons. The van der Waals surface area contributed by atoms with Gasteiger partial charge < -0.3 is 14.8 Å². The van der Waals surface area contributed by atoms with Crippen LogP contribution in [0.15, 0.2) is 71.8 Å². The predicted octanol–water partition coefficient (Wildman–Crippen LogP) is 2.48. The van der Waals surface area contributed by atoms with Crippen molar-refractivity contribution in [2.24, 2.45) is 5.10 Å². The second kappa shape index (κ2) is 9.83. The Morgan fingerprint density at radius 2 is 1.67 bits per heavy atom. The number of nitrogens with one attached hydrogen (secondary N) is 2. The summed E-state index contributed by atoms with van der Waals surface area (Å²) in [6.45, 7) is -0.189. The molecular formula is C22H19N3O5. The summed E-state index contributed by atoms with van der Waals surface area (Å²) < 4.78 is 9.72. The zero-order valence-corrected chi connectivity index (χ0v) is 16.1. The molecule has 152 valence electrons. The van der Waals surface area contributed by atoms with Gasteiger partial charge in [-0.15, -0.1) is 0 Å². The average molecular weight is 405 g/mol. The lowest BCUT2D eigenvalue weighted by Crippen LogP contribution is -2.32. The predicted molar refractivity (Wildman–Crippen MR) is 112 cm³/mol. The maximum Gasteiger partial charge on any atom is 0.343 e. The van der Waals surface area contributed by atoms with E-state index >= 15 is 0 Å². The summed E-state index contributed by atoms with van der Waals surface area (Å²) in [7, 11) is 1.28. The van der Waals surface area contributed by atoms with Gasteiger partial charge in [0.05, 0.1) is 13.3 Å². The van der Waals surface area contributed by atoms with Crippen molar-refractivity contribution < 1.29 is 23.9 Å². The number of hydrazone groups is 1. The summed E-state index contributed by atoms with van der Waals surface area (Å²) in [5.74, 6) is -1.71. The third-order valence-electron chi connectivity index (χ3n) is 4.09. The first kappa shape index (κ1) is 20.5. The van der Waals surface area contributed by atoms with Crippen LogP contribution in [0.25, 0.3) is 10.8 Å². The fourth-order valence-corrected chi connectivity index (χ4v) is 2.58. The van der Waals surface area contributed by atoms with Crippen LogP contribution in [0.1, 0.15) is 5.56 Å². The molecule has 30 heavy (non-hydrogen) atoms. The monoisotopic (exact) mass is 405 g/mol. The molecule has 0 fully saturated rings. The summed E-state index contributed by atoms with van der Waals surface area (Å²) in [5, 5.41) is 8.16. The molecule has 8 nitrogen and oxygen atoms in total. The van der Waals surface area contributed by atoms with E-state index in [1.165, 1.54) is 13.3 Å². The Morgan fingerprint density at radius 1 is 0.933 bits per heavy atom. The highest BCUT2D eigenvalue weighted by molar-refractivity contribution is 6.40. The van der Waals surface area contributed by atoms with E-state index in [1.807, 2.05) is 30.3 Å². The van der Waals surface area contributed by atoms with Gasteiger partial charge in [-0.25, -0.2) is 10.2 Å². The topological polar surface area (TPSA) is 106 Å². The van der Waals surface area contributed by atoms with Gasteiger partial charge in [-0.2, -0.15) is 5.10 Å². The zero-order valence-electron chi connectivity index (χ0n) is 16.1. The van der Waals surface area contributed by atoms with Gasteiger partial charge in [0, 0.05) is 11.1 Å². The Balaban J connectivity index is 1.54. The van der Waals surface area contributed by atoms with Gasteiger partial charge in [0.15, 0.2) is 6.61 Å². The van der Waals surface area contributed by atoms with Crippen LogP contribution in [0.4, 0.5) is 5.69 Å². The first-order chi connectivity index (χ1) is 14.6. The van der Waals surface area contributed by atoms with Gasteiger partial charge in [-0.05, 0) is 41.3 Å². The van der Waals surface area contributed by atoms with E-state index < -0.39 is 17.8 Å². The van der Waals surface area contributed by atoms with Crippen LogP contribution in [0.5, 0.6) is 5.75 Å². The quantitative estimate of drug-likeness (QED) is 0.284. The molecule has 0 aromatic heterocycles. The van der Waals surface area contributed by atoms with Crippen LogP contribution >= 0.6 is 0 Å². The fraction of sp³-hybridized carbons (Fsp3) is 0.0909. The number of fused-ring (bicyclic) bond motifs is 1. The van der Waals surface area contributed by atoms with Crippen molar-refractivity contribution in [3.8, 4) is 5.75 Å². The Kier molecular flexibility index (Phi) is 6.73. The zero-order chi connectivity index (χ0) is 21.3. The smallest absolute Gasteiger partial charge is 0.343 e. The van der Waals surface area contributed by atoms with Crippen molar-refractivity contribution in [2.45, 2.75) is 0 Å². The van der Waals surface area contributed by atoms with Crippen LogP contribution in [-0.2, 0) is 19.1 Å². The third kappa shape index (κ3) is 5.41. The SMILES string of the molecule is COC(=O)COc1ccc(/C=N/NC(=O)C(=O)Nc2cccc3ccccc23)cc1. The van der Waals surface area contributed by atoms with Gasteiger partial charge in [0.25, 0.3) is 0 Å². The van der Waals surface area contributed by atoms with Gasteiger partial charge in [0.2, 0.25) is 0 Å². The number of anilines is 1. The second-order valence-corrected chi connectivity index (χ2v) is 6.11. The van der Waals surface area contributed by atoms with Crippen molar-refractivity contribution in [2.75, 3.05) is 19.0 Å². The van der Waals surface area contributed by atoms with Crippen LogP contribution in [0.2, 0.25) is 0 Å². The number of nitrogens with zero attached hydrogens (tertiary/aromatic N) is 1. The maximum atomic E-state index is 12.1. The number of carbonyl (C=O) groups is 3. The number of hydrogen-bond acceptors (Lipinski definition) is 6. The Labute approximate surface area is 172 Å². The Bertz CT molecular complexity index is 1090. The molecule has 0 unspecified atom stereocenters. The van der Waals surface area contributed by atoms with Gasteiger partial charge in [-0.1, -0.05) is 36.4 Å². The molecule has 0 saturated heterocycles. The van der Waals surface area contributed by atoms with Crippen molar-refractivity contribution in [1.82, 2.24) is 5.43 Å². The lowest BCUT2D eigenvalue weighted by atomic mass is 10.1. The van der Waals surface area contributed by atoms with Crippen LogP contribution in [0.3, 0.4) is 0 Å². The first-order valence-electron chi connectivity index (χ1n) is 8.98. The van der Waals surface area contributed by atoms with Crippen molar-refractivity contribution in [1.29, 1.82) is 0 Å². The molecule has 0 saturated carbocycles. The molecule has 3 aromatic carbocycles. The number of amides is 2. The lowest BCUT2D eigenvalue weighted by Gasteiger charge is -2.07. The number of methoxy groups -OCH3 is 1. The van der Waals surface area contributed by atoms with Gasteiger partial charge in [-0.3, -0.25) is 9.59 Å². The van der Waals surface area contributed by atoms with E-state index in [4.69, 9.17) is 4.74 Å². The first-order valence-corrected chi connectivity index (χ1v) is 8.98. The molecule has 0 heterocycles. The van der Waals surface area contributed by atoms with E-state index in [0.717, 1.165) is 10.8 Å². The molecule has 3 aromatic rings. The average Bonchev–Trinajstić information content (AvgIpc) is 2.78. The maximum absolute atomic E-state index is 12.1. The molecule has 0 aliphatic carbocycles. The van der Waals surface area contributed by atoms with E-state index in [-0.39, 0.29) is 6.61 Å². The van der Waals surface area contributed by atoms with Crippen molar-refractivity contribution >= 4 is 40.5 Å². The summed E-state index contributed by atoms with van der Waals surface area (Å²) in [6.07, 6.45) is 1.38. The minimum Gasteiger partial charge on any atom is -0.482 e. The van der Waals surface area contributed by atoms with Crippen molar-refractivity contribution in [3.05, 3.63) is 72.3 Å². The number of hydrogen-bond donors (Lipinski definition) is 2. The Hall–Kier alpha value is -4.20. The minimum absolute atomic E-state index is 0.189. The third-order valence-corrected chi connectivity index (χ3v) is 4.09. The number of benzene rings is 3. The molecular weight excluding hydrogens is 386 g/mol. The van der Waals surface area contributed by atoms with Crippen LogP contribution < -0.4 is 15.5 Å². The molecule has 0 bridgehead atoms. The normalized spacial score (nSPS) is 10.6. The number of rotatable bonds is 6. The molecule has 0 spiro atoms. The number of esters is 1. The lowest BCUT2D eigenvalue weighted by molar-refractivity contribution is -0.142. The second-order valence-electron chi connectivity index (χ2n) is 6.11. The van der Waals surface area contributed by atoms with E-state index in [0.29, 0.717) is 17.0 Å². The standard InChI is InChI=1S/C22H19N3O5/c1-29-20(26)14-30-17-11-9-15(10-12-17)13-23-25-22(28)21(27)24-19-8-4-6-16-5-2-3-7-18(16)19/h2-13H,14H2,1H3,(H,24,27)(H,25,28)/b23-13+. The summed E-state index contributed by atoms with van der Waals surface area (Å²) in [5.41, 5.74) is 3.39. The van der Waals surface area contributed by atoms with Gasteiger partial charge >= 0.3 is 17.8 Å². The molecule has 0 atom stereocenters. The highest BCUT2D eigenvalue weighted by Crippen LogP contribution is 2.22. The highest BCUT2D eigenvalue weighted by Gasteiger charge is 2.14. The van der Waals surface area contributed by atoms with E-state index in [9.17, 15) is 14.4 Å². The minimum atomic E-state index is -0.891. The summed E-state index contributed by atoms with van der Waals surface area (Å²) in [6, 6.07) is 19.6. The molecule has 0 aliphatic rings. The van der Waals surface area contributed by atoms with Crippen LogP contribution in [-0.4, -0.2) is 37.7 Å². The van der Waals surface area contributed by atoms with Gasteiger partial charge in [0.1, 0.15) is 5.75 Å². The highest BCUT2D eigenvalue weighted by atomic mass is 16.6. The molecule has 2 N–H and O–H groups in total. The number of ether oxygens (including phenoxy) is 2. The summed E-state index contributed by atoms with van der Waals surface area (Å²) in [4.78, 5) is 35.2. The molecule has 8 heteroatoms. The van der Waals surface area contributed by atoms with Crippen LogP contribution in [0, 0.1) is 0 Å². The van der Waals surface area contributed by atoms with E-state index in [1.54, 1.807) is 36.4 Å². The van der Waals surface area contributed by atoms with Crippen molar-refractivity contribution in [3.63, 3.8) is 0 Å². The molecule has 3 rings (SSSR count). The Morgan fingerprint density at radius 3 is 2.43 bits per heavy atom. The summed E-state index contributed by atoms with van der Waals surface area (Å²) >= 11 is 0. The fourth-order valence-electron chi connectivity index (χ4n) is 2.58. The van der Waals surface area contributed by atoms with E-state index in [2.05, 4.69) is 20.6 Å². The number of carbonyl (C=O) groups excluding carboxylic acids is 3. The molecule has 2 amide bonds. The largest absolute Gasteiger partial charge is 0.482 e.